The van der Waals surface area contributed by atoms with Gasteiger partial charge in [0.25, 0.3) is 5.91 Å². The summed E-state index contributed by atoms with van der Waals surface area (Å²) in [6, 6.07) is 5.65. The number of hydrogen-bond acceptors (Lipinski definition) is 6. The molecule has 1 unspecified atom stereocenters. The second-order valence-electron chi connectivity index (χ2n) is 7.91. The molecule has 4 heterocycles. The van der Waals surface area contributed by atoms with Gasteiger partial charge in [0.15, 0.2) is 5.72 Å². The summed E-state index contributed by atoms with van der Waals surface area (Å²) in [6.07, 6.45) is 6.63. The Morgan fingerprint density at radius 1 is 1.37 bits per heavy atom. The van der Waals surface area contributed by atoms with Crippen molar-refractivity contribution in [3.63, 3.8) is 0 Å². The Balaban J connectivity index is 1.48. The van der Waals surface area contributed by atoms with E-state index >= 15 is 0 Å². The number of anilines is 1. The van der Waals surface area contributed by atoms with E-state index < -0.39 is 5.72 Å². The maximum Gasteiger partial charge on any atom is 0.272 e. The fourth-order valence-electron chi connectivity index (χ4n) is 4.11. The van der Waals surface area contributed by atoms with E-state index in [9.17, 15) is 14.7 Å². The molecule has 8 heteroatoms. The molecule has 2 amide bonds. The van der Waals surface area contributed by atoms with Crippen LogP contribution in [0.3, 0.4) is 0 Å². The van der Waals surface area contributed by atoms with Crippen LogP contribution in [-0.2, 0) is 9.59 Å². The zero-order valence-electron chi connectivity index (χ0n) is 17.3. The molecule has 2 aliphatic rings. The van der Waals surface area contributed by atoms with Crippen molar-refractivity contribution in [3.8, 4) is 11.1 Å². The highest BCUT2D eigenvalue weighted by Crippen LogP contribution is 2.39. The second kappa shape index (κ2) is 7.53. The van der Waals surface area contributed by atoms with Crippen LogP contribution in [0.1, 0.15) is 25.3 Å². The largest absolute Gasteiger partial charge is 0.367 e. The van der Waals surface area contributed by atoms with Gasteiger partial charge in [-0.2, -0.15) is 0 Å². The van der Waals surface area contributed by atoms with Crippen LogP contribution < -0.4 is 5.32 Å². The van der Waals surface area contributed by atoms with Crippen molar-refractivity contribution in [1.29, 1.82) is 0 Å². The number of nitrogens with zero attached hydrogens (tertiary/aromatic N) is 4. The monoisotopic (exact) mass is 407 g/mol. The number of aromatic nitrogens is 2. The fraction of sp³-hybridized carbons (Fsp3) is 0.364. The Morgan fingerprint density at radius 2 is 2.17 bits per heavy atom. The van der Waals surface area contributed by atoms with Gasteiger partial charge in [0, 0.05) is 48.9 Å². The summed E-state index contributed by atoms with van der Waals surface area (Å²) in [5.74, 6) is -0.0534. The highest BCUT2D eigenvalue weighted by Gasteiger charge is 2.48. The van der Waals surface area contributed by atoms with Gasteiger partial charge < -0.3 is 20.2 Å². The average Bonchev–Trinajstić information content (AvgIpc) is 2.90. The van der Waals surface area contributed by atoms with Crippen molar-refractivity contribution < 1.29 is 14.7 Å². The predicted octanol–water partition coefficient (Wildman–Crippen LogP) is 1.92. The molecular formula is C22H25N5O3. The number of aliphatic hydroxyl groups is 1. The Labute approximate surface area is 175 Å². The van der Waals surface area contributed by atoms with E-state index in [0.29, 0.717) is 30.1 Å². The first-order chi connectivity index (χ1) is 14.3. The maximum atomic E-state index is 12.7. The lowest BCUT2D eigenvalue weighted by Crippen LogP contribution is -2.43. The first-order valence-electron chi connectivity index (χ1n) is 9.95. The third-order valence-electron chi connectivity index (χ3n) is 5.87. The molecule has 2 N–H and O–H groups in total. The van der Waals surface area contributed by atoms with Crippen molar-refractivity contribution >= 4 is 17.6 Å². The van der Waals surface area contributed by atoms with Crippen LogP contribution in [0, 0.1) is 6.92 Å². The van der Waals surface area contributed by atoms with Gasteiger partial charge in [-0.3, -0.25) is 14.6 Å². The third kappa shape index (κ3) is 3.43. The Hall–Kier alpha value is -3.26. The van der Waals surface area contributed by atoms with Crippen molar-refractivity contribution in [1.82, 2.24) is 19.8 Å². The van der Waals surface area contributed by atoms with E-state index in [1.165, 1.54) is 4.90 Å². The average molecular weight is 407 g/mol. The minimum atomic E-state index is -1.30. The molecule has 0 saturated heterocycles. The fourth-order valence-corrected chi connectivity index (χ4v) is 4.11. The van der Waals surface area contributed by atoms with Gasteiger partial charge in [0.05, 0.1) is 6.54 Å². The summed E-state index contributed by atoms with van der Waals surface area (Å²) in [5, 5.41) is 13.5. The Bertz CT molecular complexity index is 1030. The number of pyridine rings is 2. The van der Waals surface area contributed by atoms with Crippen LogP contribution >= 0.6 is 0 Å². The molecule has 0 spiro atoms. The molecular weight excluding hydrogens is 382 g/mol. The normalized spacial score (nSPS) is 21.1. The topological polar surface area (TPSA) is 98.7 Å². The first kappa shape index (κ1) is 20.0. The van der Waals surface area contributed by atoms with E-state index in [1.54, 1.807) is 37.5 Å². The molecule has 0 bridgehead atoms. The van der Waals surface area contributed by atoms with Crippen LogP contribution in [0.25, 0.3) is 11.1 Å². The number of carbonyl (C=O) groups excluding carboxylic acids is 2. The van der Waals surface area contributed by atoms with Gasteiger partial charge in [0.2, 0.25) is 5.91 Å². The van der Waals surface area contributed by atoms with Gasteiger partial charge in [-0.25, -0.2) is 4.98 Å². The molecule has 0 aromatic carbocycles. The van der Waals surface area contributed by atoms with Gasteiger partial charge in [0.1, 0.15) is 11.5 Å². The van der Waals surface area contributed by atoms with E-state index in [1.807, 2.05) is 25.1 Å². The molecule has 30 heavy (non-hydrogen) atoms. The van der Waals surface area contributed by atoms with Crippen molar-refractivity contribution in [3.05, 3.63) is 53.6 Å². The summed E-state index contributed by atoms with van der Waals surface area (Å²) in [7, 11) is 1.58. The minimum Gasteiger partial charge on any atom is -0.367 e. The summed E-state index contributed by atoms with van der Waals surface area (Å²) in [4.78, 5) is 36.9. The number of hydrogen-bond donors (Lipinski definition) is 2. The predicted molar refractivity (Wildman–Crippen MR) is 112 cm³/mol. The van der Waals surface area contributed by atoms with E-state index in [4.69, 9.17) is 0 Å². The number of nitrogens with one attached hydrogen (secondary N) is 1. The Kier molecular flexibility index (Phi) is 5.03. The summed E-state index contributed by atoms with van der Waals surface area (Å²) in [6.45, 7) is 4.19. The van der Waals surface area contributed by atoms with E-state index in [2.05, 4.69) is 15.3 Å². The number of rotatable bonds is 4. The molecule has 2 aliphatic heterocycles. The number of amides is 2. The second-order valence-corrected chi connectivity index (χ2v) is 7.91. The number of likely N-dealkylation sites (N-methyl/N-ethyl adjacent to an activating group) is 1. The molecule has 0 radical (unpaired) electrons. The molecule has 1 atom stereocenters. The van der Waals surface area contributed by atoms with Crippen molar-refractivity contribution in [2.45, 2.75) is 32.4 Å². The third-order valence-corrected chi connectivity index (χ3v) is 5.87. The van der Waals surface area contributed by atoms with Crippen molar-refractivity contribution in [2.75, 3.05) is 25.5 Å². The van der Waals surface area contributed by atoms with Gasteiger partial charge in [-0.15, -0.1) is 0 Å². The molecule has 156 valence electrons. The molecule has 0 fully saturated rings. The SMILES string of the molecule is Cc1cc(NC(=O)CN2CCCC3=C2C(=O)N(C)C3(C)O)ncc1-c1cccnc1. The number of aryl methyl sites for hydroxylation is 1. The molecule has 0 aliphatic carbocycles. The van der Waals surface area contributed by atoms with Crippen LogP contribution in [0.2, 0.25) is 0 Å². The standard InChI is InChI=1S/C22H25N5O3/c1-14-10-18(24-12-16(14)15-6-4-8-23-11-15)25-19(28)13-27-9-5-7-17-20(27)21(29)26(3)22(17,2)30/h4,6,8,10-12,30H,5,7,9,13H2,1-3H3,(H,24,25,28). The first-order valence-corrected chi connectivity index (χ1v) is 9.95. The lowest BCUT2D eigenvalue weighted by molar-refractivity contribution is -0.138. The van der Waals surface area contributed by atoms with E-state index in [0.717, 1.165) is 23.1 Å². The zero-order chi connectivity index (χ0) is 21.5. The van der Waals surface area contributed by atoms with Crippen LogP contribution in [0.15, 0.2) is 48.1 Å². The molecule has 2 aromatic rings. The van der Waals surface area contributed by atoms with Gasteiger partial charge >= 0.3 is 0 Å². The van der Waals surface area contributed by atoms with Crippen LogP contribution in [-0.4, -0.2) is 62.6 Å². The quantitative estimate of drug-likeness (QED) is 0.804. The maximum absolute atomic E-state index is 12.7. The molecule has 2 aromatic heterocycles. The highest BCUT2D eigenvalue weighted by molar-refractivity contribution is 5.99. The lowest BCUT2D eigenvalue weighted by atomic mass is 9.96. The van der Waals surface area contributed by atoms with Crippen LogP contribution in [0.5, 0.6) is 0 Å². The summed E-state index contributed by atoms with van der Waals surface area (Å²) in [5.41, 5.74) is 2.71. The zero-order valence-corrected chi connectivity index (χ0v) is 17.3. The highest BCUT2D eigenvalue weighted by atomic mass is 16.3. The van der Waals surface area contributed by atoms with Crippen molar-refractivity contribution in [2.24, 2.45) is 0 Å². The van der Waals surface area contributed by atoms with E-state index in [-0.39, 0.29) is 18.4 Å². The van der Waals surface area contributed by atoms with Gasteiger partial charge in [-0.05, 0) is 44.4 Å². The minimum absolute atomic E-state index is 0.0274. The summed E-state index contributed by atoms with van der Waals surface area (Å²) >= 11 is 0. The molecule has 0 saturated carbocycles. The summed E-state index contributed by atoms with van der Waals surface area (Å²) < 4.78 is 0. The molecule has 4 rings (SSSR count). The van der Waals surface area contributed by atoms with Gasteiger partial charge in [-0.1, -0.05) is 6.07 Å². The number of carbonyl (C=O) groups is 2. The Morgan fingerprint density at radius 3 is 2.87 bits per heavy atom. The lowest BCUT2D eigenvalue weighted by Gasteiger charge is -2.31. The smallest absolute Gasteiger partial charge is 0.272 e. The van der Waals surface area contributed by atoms with Crippen LogP contribution in [0.4, 0.5) is 5.82 Å². The molecule has 8 nitrogen and oxygen atoms in total.